The second-order valence-corrected chi connectivity index (χ2v) is 3.91. The van der Waals surface area contributed by atoms with E-state index in [0.717, 1.165) is 0 Å². The summed E-state index contributed by atoms with van der Waals surface area (Å²) in [6.45, 7) is -3.14. The molecule has 0 aromatic heterocycles. The van der Waals surface area contributed by atoms with Crippen molar-refractivity contribution in [2.75, 3.05) is 13.7 Å². The van der Waals surface area contributed by atoms with Crippen LogP contribution < -0.4 is 14.8 Å². The Morgan fingerprint density at radius 3 is 2.45 bits per heavy atom. The number of benzene rings is 1. The molecule has 0 amide bonds. The molecule has 0 saturated carbocycles. The minimum Gasteiger partial charge on any atom is -0.493 e. The molecule has 0 bridgehead atoms. The zero-order valence-electron chi connectivity index (χ0n) is 10.6. The molecule has 0 heterocycles. The van der Waals surface area contributed by atoms with E-state index in [0.29, 0.717) is 5.56 Å². The van der Waals surface area contributed by atoms with Crippen molar-refractivity contribution in [2.24, 2.45) is 0 Å². The van der Waals surface area contributed by atoms with Gasteiger partial charge in [0.15, 0.2) is 11.5 Å². The van der Waals surface area contributed by atoms with Crippen molar-refractivity contribution in [3.8, 4) is 11.5 Å². The minimum atomic E-state index is -4.23. The molecule has 20 heavy (non-hydrogen) atoms. The van der Waals surface area contributed by atoms with Gasteiger partial charge in [-0.25, -0.2) is 0 Å². The van der Waals surface area contributed by atoms with E-state index < -0.39 is 19.2 Å². The number of ether oxygens (including phenoxy) is 2. The lowest BCUT2D eigenvalue weighted by Crippen LogP contribution is -2.21. The summed E-state index contributed by atoms with van der Waals surface area (Å²) in [5.74, 6) is -0.0260. The fourth-order valence-corrected chi connectivity index (χ4v) is 1.48. The number of alkyl halides is 5. The van der Waals surface area contributed by atoms with Crippen LogP contribution in [0.5, 0.6) is 11.5 Å². The van der Waals surface area contributed by atoms with E-state index in [1.54, 1.807) is 6.07 Å². The van der Waals surface area contributed by atoms with E-state index in [-0.39, 0.29) is 24.6 Å². The normalized spacial score (nSPS) is 11.8. The Balaban J connectivity index is 2.58. The maximum absolute atomic E-state index is 12.2. The zero-order chi connectivity index (χ0) is 15.2. The van der Waals surface area contributed by atoms with E-state index in [4.69, 9.17) is 4.74 Å². The van der Waals surface area contributed by atoms with Gasteiger partial charge in [0.05, 0.1) is 13.5 Å². The van der Waals surface area contributed by atoms with Crippen LogP contribution >= 0.6 is 0 Å². The van der Waals surface area contributed by atoms with Gasteiger partial charge >= 0.3 is 12.8 Å². The standard InChI is InChI=1S/C12H14F5NO2/c1-19-9-3-2-8(6-10(9)20-11(13)14)7-18-5-4-12(15,16)17/h2-3,6,11,18H,4-5,7H2,1H3. The van der Waals surface area contributed by atoms with Crippen LogP contribution in [0.3, 0.4) is 0 Å². The highest BCUT2D eigenvalue weighted by molar-refractivity contribution is 5.42. The van der Waals surface area contributed by atoms with Crippen molar-refractivity contribution in [2.45, 2.75) is 25.8 Å². The average molecular weight is 299 g/mol. The Bertz CT molecular complexity index is 423. The maximum atomic E-state index is 12.2. The highest BCUT2D eigenvalue weighted by atomic mass is 19.4. The third kappa shape index (κ3) is 6.05. The summed E-state index contributed by atoms with van der Waals surface area (Å²) in [5.41, 5.74) is 0.517. The molecule has 1 N–H and O–H groups in total. The van der Waals surface area contributed by atoms with Gasteiger partial charge in [0.25, 0.3) is 0 Å². The molecule has 0 spiro atoms. The largest absolute Gasteiger partial charge is 0.493 e. The van der Waals surface area contributed by atoms with Gasteiger partial charge in [-0.2, -0.15) is 22.0 Å². The number of hydrogen-bond acceptors (Lipinski definition) is 3. The number of methoxy groups -OCH3 is 1. The number of nitrogens with one attached hydrogen (secondary N) is 1. The quantitative estimate of drug-likeness (QED) is 0.619. The molecular formula is C12H14F5NO2. The van der Waals surface area contributed by atoms with Crippen LogP contribution in [0.1, 0.15) is 12.0 Å². The molecule has 0 atom stereocenters. The summed E-state index contributed by atoms with van der Waals surface area (Å²) in [6.07, 6.45) is -5.18. The first-order valence-corrected chi connectivity index (χ1v) is 5.71. The smallest absolute Gasteiger partial charge is 0.390 e. The second-order valence-electron chi connectivity index (χ2n) is 3.91. The van der Waals surface area contributed by atoms with Gasteiger partial charge in [0.2, 0.25) is 0 Å². The van der Waals surface area contributed by atoms with Gasteiger partial charge in [-0.15, -0.1) is 0 Å². The molecule has 0 aliphatic carbocycles. The third-order valence-electron chi connectivity index (χ3n) is 2.36. The first-order valence-electron chi connectivity index (χ1n) is 5.71. The predicted octanol–water partition coefficient (Wildman–Crippen LogP) is 3.34. The highest BCUT2D eigenvalue weighted by Crippen LogP contribution is 2.29. The van der Waals surface area contributed by atoms with Crippen LogP contribution in [0.25, 0.3) is 0 Å². The Labute approximate surface area is 112 Å². The van der Waals surface area contributed by atoms with Crippen molar-refractivity contribution in [1.82, 2.24) is 5.32 Å². The third-order valence-corrected chi connectivity index (χ3v) is 2.36. The molecule has 1 aromatic carbocycles. The van der Waals surface area contributed by atoms with Crippen LogP contribution in [0.2, 0.25) is 0 Å². The Kier molecular flexibility index (Phi) is 6.00. The summed E-state index contributed by atoms with van der Waals surface area (Å²) in [4.78, 5) is 0. The topological polar surface area (TPSA) is 30.5 Å². The van der Waals surface area contributed by atoms with Crippen molar-refractivity contribution in [1.29, 1.82) is 0 Å². The van der Waals surface area contributed by atoms with E-state index in [9.17, 15) is 22.0 Å². The van der Waals surface area contributed by atoms with Crippen molar-refractivity contribution < 1.29 is 31.4 Å². The van der Waals surface area contributed by atoms with Crippen LogP contribution in [0.4, 0.5) is 22.0 Å². The molecule has 0 aliphatic rings. The number of rotatable bonds is 7. The summed E-state index contributed by atoms with van der Waals surface area (Å²) >= 11 is 0. The van der Waals surface area contributed by atoms with Crippen molar-refractivity contribution in [3.05, 3.63) is 23.8 Å². The monoisotopic (exact) mass is 299 g/mol. The number of halogens is 5. The molecule has 1 rings (SSSR count). The second kappa shape index (κ2) is 7.28. The van der Waals surface area contributed by atoms with E-state index >= 15 is 0 Å². The van der Waals surface area contributed by atoms with E-state index in [1.165, 1.54) is 19.2 Å². The first kappa shape index (κ1) is 16.5. The van der Waals surface area contributed by atoms with Gasteiger partial charge in [0, 0.05) is 13.1 Å². The van der Waals surface area contributed by atoms with Crippen LogP contribution in [-0.4, -0.2) is 26.4 Å². The summed E-state index contributed by atoms with van der Waals surface area (Å²) in [7, 11) is 1.30. The fraction of sp³-hybridized carbons (Fsp3) is 0.500. The van der Waals surface area contributed by atoms with Gasteiger partial charge < -0.3 is 14.8 Å². The van der Waals surface area contributed by atoms with Crippen molar-refractivity contribution in [3.63, 3.8) is 0 Å². The van der Waals surface area contributed by atoms with Crippen LogP contribution in [-0.2, 0) is 6.54 Å². The summed E-state index contributed by atoms with van der Waals surface area (Å²) in [6, 6.07) is 4.27. The molecule has 0 fully saturated rings. The predicted molar refractivity (Wildman–Crippen MR) is 62.0 cm³/mol. The Morgan fingerprint density at radius 1 is 1.20 bits per heavy atom. The highest BCUT2D eigenvalue weighted by Gasteiger charge is 2.25. The number of hydrogen-bond donors (Lipinski definition) is 1. The van der Waals surface area contributed by atoms with Crippen LogP contribution in [0.15, 0.2) is 18.2 Å². The molecule has 0 radical (unpaired) electrons. The molecule has 0 aliphatic heterocycles. The molecule has 0 saturated heterocycles. The van der Waals surface area contributed by atoms with E-state index in [1.807, 2.05) is 0 Å². The summed E-state index contributed by atoms with van der Waals surface area (Å²) < 4.78 is 69.3. The molecule has 8 heteroatoms. The van der Waals surface area contributed by atoms with Gasteiger partial charge in [-0.05, 0) is 17.7 Å². The maximum Gasteiger partial charge on any atom is 0.390 e. The van der Waals surface area contributed by atoms with Gasteiger partial charge in [-0.3, -0.25) is 0 Å². The zero-order valence-corrected chi connectivity index (χ0v) is 10.6. The molecule has 114 valence electrons. The van der Waals surface area contributed by atoms with Gasteiger partial charge in [-0.1, -0.05) is 6.07 Å². The molecule has 3 nitrogen and oxygen atoms in total. The molecule has 0 unspecified atom stereocenters. The van der Waals surface area contributed by atoms with Crippen LogP contribution in [0, 0.1) is 0 Å². The Morgan fingerprint density at radius 2 is 1.90 bits per heavy atom. The van der Waals surface area contributed by atoms with Gasteiger partial charge in [0.1, 0.15) is 0 Å². The Hall–Kier alpha value is -1.57. The lowest BCUT2D eigenvalue weighted by Gasteiger charge is -2.12. The molecule has 1 aromatic rings. The first-order chi connectivity index (χ1) is 9.31. The lowest BCUT2D eigenvalue weighted by atomic mass is 10.2. The lowest BCUT2D eigenvalue weighted by molar-refractivity contribution is -0.133. The molecular weight excluding hydrogens is 285 g/mol. The minimum absolute atomic E-state index is 0.111. The SMILES string of the molecule is COc1ccc(CNCCC(F)(F)F)cc1OC(F)F. The van der Waals surface area contributed by atoms with Crippen molar-refractivity contribution >= 4 is 0 Å². The van der Waals surface area contributed by atoms with E-state index in [2.05, 4.69) is 10.1 Å². The summed E-state index contributed by atoms with van der Waals surface area (Å²) in [5, 5.41) is 2.57. The average Bonchev–Trinajstić information content (AvgIpc) is 2.33. The fourth-order valence-electron chi connectivity index (χ4n) is 1.48.